The molecule has 0 spiro atoms. The van der Waals surface area contributed by atoms with Crippen molar-refractivity contribution in [1.82, 2.24) is 0 Å². The van der Waals surface area contributed by atoms with Gasteiger partial charge in [0.2, 0.25) is 0 Å². The highest BCUT2D eigenvalue weighted by molar-refractivity contribution is 5.76. The third kappa shape index (κ3) is 4.27. The van der Waals surface area contributed by atoms with Gasteiger partial charge < -0.3 is 9.84 Å². The maximum absolute atomic E-state index is 13.2. The zero-order valence-corrected chi connectivity index (χ0v) is 11.1. The van der Waals surface area contributed by atoms with Crippen molar-refractivity contribution in [3.8, 4) is 5.75 Å². The second-order valence-electron chi connectivity index (χ2n) is 4.54. The molecule has 0 fully saturated rings. The van der Waals surface area contributed by atoms with E-state index in [1.54, 1.807) is 6.07 Å². The van der Waals surface area contributed by atoms with Crippen LogP contribution in [0.5, 0.6) is 5.75 Å². The third-order valence-electron chi connectivity index (χ3n) is 3.04. The molecule has 0 saturated carbocycles. The number of hydrogen-bond donors (Lipinski definition) is 1. The van der Waals surface area contributed by atoms with Gasteiger partial charge in [-0.25, -0.2) is 8.78 Å². The fourth-order valence-corrected chi connectivity index (χ4v) is 1.98. The topological polar surface area (TPSA) is 46.5 Å². The van der Waals surface area contributed by atoms with Gasteiger partial charge in [0, 0.05) is 0 Å². The van der Waals surface area contributed by atoms with Crippen LogP contribution in [-0.2, 0) is 4.79 Å². The molecule has 110 valence electrons. The number of carboxylic acid groups (broad SMARTS) is 1. The van der Waals surface area contributed by atoms with Crippen molar-refractivity contribution < 1.29 is 23.4 Å². The van der Waals surface area contributed by atoms with E-state index < -0.39 is 17.7 Å². The van der Waals surface area contributed by atoms with Crippen LogP contribution in [-0.4, -0.2) is 17.7 Å². The molecular weight excluding hydrogens is 278 g/mol. The predicted octanol–water partition coefficient (Wildman–Crippen LogP) is 3.60. The minimum absolute atomic E-state index is 0.138. The second-order valence-corrected chi connectivity index (χ2v) is 4.54. The number of carbonyl (C=O) groups is 1. The van der Waals surface area contributed by atoms with E-state index in [0.717, 1.165) is 0 Å². The highest BCUT2D eigenvalue weighted by atomic mass is 19.1. The van der Waals surface area contributed by atoms with Gasteiger partial charge in [-0.2, -0.15) is 0 Å². The molecule has 1 unspecified atom stereocenters. The molecule has 0 heterocycles. The Hall–Kier alpha value is -2.43. The molecule has 2 rings (SSSR count). The van der Waals surface area contributed by atoms with Crippen LogP contribution in [0.25, 0.3) is 0 Å². The smallest absolute Gasteiger partial charge is 0.311 e. The summed E-state index contributed by atoms with van der Waals surface area (Å²) in [5.74, 6) is -2.27. The number of aliphatic carboxylic acids is 1. The first kappa shape index (κ1) is 15.0. The molecule has 0 aromatic heterocycles. The highest BCUT2D eigenvalue weighted by Gasteiger charge is 2.20. The maximum Gasteiger partial charge on any atom is 0.311 e. The van der Waals surface area contributed by atoms with Gasteiger partial charge in [-0.15, -0.1) is 0 Å². The SMILES string of the molecule is O=C(O)C(CCOc1ccc(F)cc1)c1cccc(F)c1. The molecule has 1 N–H and O–H groups in total. The summed E-state index contributed by atoms with van der Waals surface area (Å²) in [5, 5.41) is 9.22. The molecule has 0 aliphatic heterocycles. The van der Waals surface area contributed by atoms with E-state index in [9.17, 15) is 18.7 Å². The zero-order chi connectivity index (χ0) is 15.2. The number of carboxylic acids is 1. The lowest BCUT2D eigenvalue weighted by molar-refractivity contribution is -0.139. The third-order valence-corrected chi connectivity index (χ3v) is 3.04. The lowest BCUT2D eigenvalue weighted by Crippen LogP contribution is -2.15. The van der Waals surface area contributed by atoms with Crippen LogP contribution in [0.15, 0.2) is 48.5 Å². The Morgan fingerprint density at radius 2 is 1.81 bits per heavy atom. The number of rotatable bonds is 6. The number of benzene rings is 2. The fraction of sp³-hybridized carbons (Fsp3) is 0.188. The van der Waals surface area contributed by atoms with Crippen molar-refractivity contribution in [1.29, 1.82) is 0 Å². The molecule has 2 aromatic rings. The molecule has 5 heteroatoms. The Kier molecular flexibility index (Phi) is 4.87. The molecule has 0 aliphatic carbocycles. The van der Waals surface area contributed by atoms with E-state index in [0.29, 0.717) is 11.3 Å². The minimum atomic E-state index is -1.04. The van der Waals surface area contributed by atoms with Crippen molar-refractivity contribution in [2.75, 3.05) is 6.61 Å². The Morgan fingerprint density at radius 1 is 1.10 bits per heavy atom. The highest BCUT2D eigenvalue weighted by Crippen LogP contribution is 2.21. The molecular formula is C16H14F2O3. The number of hydrogen-bond acceptors (Lipinski definition) is 2. The first-order chi connectivity index (χ1) is 10.1. The van der Waals surface area contributed by atoms with Gasteiger partial charge >= 0.3 is 5.97 Å². The normalized spacial score (nSPS) is 11.9. The Labute approximate surface area is 120 Å². The van der Waals surface area contributed by atoms with Crippen LogP contribution in [0.4, 0.5) is 8.78 Å². The quantitative estimate of drug-likeness (QED) is 0.884. The molecule has 0 bridgehead atoms. The van der Waals surface area contributed by atoms with E-state index in [4.69, 9.17) is 4.74 Å². The number of ether oxygens (including phenoxy) is 1. The molecule has 2 aromatic carbocycles. The maximum atomic E-state index is 13.2. The second kappa shape index (κ2) is 6.83. The van der Waals surface area contributed by atoms with Crippen LogP contribution < -0.4 is 4.74 Å². The monoisotopic (exact) mass is 292 g/mol. The van der Waals surface area contributed by atoms with Gasteiger partial charge in [0.25, 0.3) is 0 Å². The zero-order valence-electron chi connectivity index (χ0n) is 11.1. The predicted molar refractivity (Wildman–Crippen MR) is 73.3 cm³/mol. The summed E-state index contributed by atoms with van der Waals surface area (Å²) in [5.41, 5.74) is 0.394. The van der Waals surface area contributed by atoms with Crippen LogP contribution in [0.1, 0.15) is 17.9 Å². The van der Waals surface area contributed by atoms with E-state index in [1.165, 1.54) is 42.5 Å². The van der Waals surface area contributed by atoms with Gasteiger partial charge in [0.05, 0.1) is 12.5 Å². The first-order valence-electron chi connectivity index (χ1n) is 6.43. The van der Waals surface area contributed by atoms with Crippen molar-refractivity contribution >= 4 is 5.97 Å². The average Bonchev–Trinajstić information content (AvgIpc) is 2.45. The summed E-state index contributed by atoms with van der Waals surface area (Å²) >= 11 is 0. The van der Waals surface area contributed by atoms with E-state index in [1.807, 2.05) is 0 Å². The van der Waals surface area contributed by atoms with Crippen LogP contribution >= 0.6 is 0 Å². The van der Waals surface area contributed by atoms with E-state index in [-0.39, 0.29) is 18.8 Å². The Bertz CT molecular complexity index is 611. The average molecular weight is 292 g/mol. The summed E-state index contributed by atoms with van der Waals surface area (Å²) in [6, 6.07) is 11.0. The standard InChI is InChI=1S/C16H14F2O3/c17-12-4-6-14(7-5-12)21-9-8-15(16(19)20)11-2-1-3-13(18)10-11/h1-7,10,15H,8-9H2,(H,19,20). The van der Waals surface area contributed by atoms with Crippen LogP contribution in [0.2, 0.25) is 0 Å². The van der Waals surface area contributed by atoms with Crippen LogP contribution in [0, 0.1) is 11.6 Å². The van der Waals surface area contributed by atoms with Gasteiger partial charge in [0.1, 0.15) is 17.4 Å². The Morgan fingerprint density at radius 3 is 2.43 bits per heavy atom. The molecule has 0 radical (unpaired) electrons. The molecule has 0 amide bonds. The molecule has 21 heavy (non-hydrogen) atoms. The summed E-state index contributed by atoms with van der Waals surface area (Å²) in [4.78, 5) is 11.3. The van der Waals surface area contributed by atoms with Crippen molar-refractivity contribution in [3.05, 3.63) is 65.7 Å². The largest absolute Gasteiger partial charge is 0.494 e. The van der Waals surface area contributed by atoms with E-state index >= 15 is 0 Å². The van der Waals surface area contributed by atoms with Crippen molar-refractivity contribution in [2.24, 2.45) is 0 Å². The lowest BCUT2D eigenvalue weighted by Gasteiger charge is -2.13. The summed E-state index contributed by atoms with van der Waals surface area (Å²) in [6.45, 7) is 0.138. The fourth-order valence-electron chi connectivity index (χ4n) is 1.98. The van der Waals surface area contributed by atoms with Crippen molar-refractivity contribution in [3.63, 3.8) is 0 Å². The lowest BCUT2D eigenvalue weighted by atomic mass is 9.96. The molecule has 0 saturated heterocycles. The summed E-state index contributed by atoms with van der Waals surface area (Å²) in [7, 11) is 0. The summed E-state index contributed by atoms with van der Waals surface area (Å²) in [6.07, 6.45) is 0.191. The van der Waals surface area contributed by atoms with Gasteiger partial charge in [0.15, 0.2) is 0 Å². The van der Waals surface area contributed by atoms with E-state index in [2.05, 4.69) is 0 Å². The van der Waals surface area contributed by atoms with Gasteiger partial charge in [-0.3, -0.25) is 4.79 Å². The molecule has 1 atom stereocenters. The van der Waals surface area contributed by atoms with Gasteiger partial charge in [-0.05, 0) is 48.4 Å². The summed E-state index contributed by atoms with van der Waals surface area (Å²) < 4.78 is 31.3. The number of halogens is 2. The van der Waals surface area contributed by atoms with Crippen LogP contribution in [0.3, 0.4) is 0 Å². The Balaban J connectivity index is 1.98. The molecule has 0 aliphatic rings. The minimum Gasteiger partial charge on any atom is -0.494 e. The molecule has 3 nitrogen and oxygen atoms in total. The van der Waals surface area contributed by atoms with Gasteiger partial charge in [-0.1, -0.05) is 12.1 Å². The van der Waals surface area contributed by atoms with Crippen molar-refractivity contribution in [2.45, 2.75) is 12.3 Å². The first-order valence-corrected chi connectivity index (χ1v) is 6.43.